The van der Waals surface area contributed by atoms with Crippen LogP contribution in [0.3, 0.4) is 0 Å². The summed E-state index contributed by atoms with van der Waals surface area (Å²) in [6.07, 6.45) is 0. The second-order valence-electron chi connectivity index (χ2n) is 0. The molecule has 0 spiro atoms. The molecule has 48 valence electrons. The van der Waals surface area contributed by atoms with Gasteiger partial charge in [0.25, 0.3) is 0 Å². The summed E-state index contributed by atoms with van der Waals surface area (Å²) in [5, 5.41) is 0. The zero-order chi connectivity index (χ0) is 0. The summed E-state index contributed by atoms with van der Waals surface area (Å²) in [4.78, 5) is 0. The molecule has 0 saturated heterocycles. The van der Waals surface area contributed by atoms with E-state index in [1.807, 2.05) is 0 Å². The predicted molar refractivity (Wildman–Crippen MR) is 24.1 cm³/mol. The van der Waals surface area contributed by atoms with E-state index in [0.717, 1.165) is 0 Å². The average Bonchev–Trinajstić information content (AvgIpc) is 0. The summed E-state index contributed by atoms with van der Waals surface area (Å²) in [5.41, 5.74) is 0. The smallest absolute Gasteiger partial charge is 0.870 e. The third-order valence-corrected chi connectivity index (χ3v) is 0. The summed E-state index contributed by atoms with van der Waals surface area (Å²) in [5.74, 6) is 0. The Morgan fingerprint density at radius 1 is 0.429 bits per heavy atom. The molecule has 0 amide bonds. The molecule has 0 aliphatic carbocycles. The molecule has 7 heteroatoms. The van der Waals surface area contributed by atoms with E-state index in [9.17, 15) is 0 Å². The van der Waals surface area contributed by atoms with E-state index in [1.54, 1.807) is 0 Å². The quantitative estimate of drug-likeness (QED) is 0.315. The predicted octanol–water partition coefficient (Wildman–Crippen LogP) is -4.03. The van der Waals surface area contributed by atoms with E-state index < -0.39 is 0 Å². The van der Waals surface area contributed by atoms with Crippen LogP contribution in [0.1, 0.15) is 0 Å². The molecule has 0 unspecified atom stereocenters. The molecule has 0 aromatic heterocycles. The van der Waals surface area contributed by atoms with Gasteiger partial charge in [-0.25, -0.2) is 0 Å². The molecule has 0 aromatic rings. The first-order valence-corrected chi connectivity index (χ1v) is 0. The van der Waals surface area contributed by atoms with Crippen LogP contribution in [0.5, 0.6) is 0 Å². The van der Waals surface area contributed by atoms with Gasteiger partial charge in [-0.2, -0.15) is 0 Å². The minimum absolute atomic E-state index is 0. The van der Waals surface area contributed by atoms with Crippen molar-refractivity contribution in [3.05, 3.63) is 0 Å². The monoisotopic (exact) mass is 146 g/mol. The van der Waals surface area contributed by atoms with Crippen LogP contribution in [0.15, 0.2) is 0 Å². The van der Waals surface area contributed by atoms with E-state index in [0.29, 0.717) is 0 Å². The Balaban J connectivity index is 0. The molecule has 0 saturated carbocycles. The molecule has 0 aromatic carbocycles. The minimum Gasteiger partial charge on any atom is -0.870 e. The van der Waals surface area contributed by atoms with Crippen molar-refractivity contribution in [2.24, 2.45) is 0 Å². The van der Waals surface area contributed by atoms with Crippen LogP contribution in [0, 0.1) is 0 Å². The molecule has 0 rings (SSSR count). The van der Waals surface area contributed by atoms with Gasteiger partial charge in [-0.05, 0) is 0 Å². The molecular weight excluding hydrogens is 136 g/mol. The van der Waals surface area contributed by atoms with E-state index in [1.165, 1.54) is 0 Å². The van der Waals surface area contributed by atoms with Crippen molar-refractivity contribution in [1.29, 1.82) is 0 Å². The van der Waals surface area contributed by atoms with Gasteiger partial charge in [0.2, 0.25) is 0 Å². The molecule has 0 atom stereocenters. The molecule has 0 heterocycles. The zero-order valence-corrected chi connectivity index (χ0v) is 5.81. The molecule has 0 aliphatic heterocycles. The Labute approximate surface area is 70.4 Å². The van der Waals surface area contributed by atoms with Crippen LogP contribution in [0.25, 0.3) is 0 Å². The maximum Gasteiger partial charge on any atom is 2.00 e. The molecule has 7 heavy (non-hydrogen) atoms. The van der Waals surface area contributed by atoms with Crippen LogP contribution >= 0.6 is 0 Å². The standard InChI is InChI=1S/Ca.6H2O/h;6*1H2/q+2;;;;;;/p-2. The van der Waals surface area contributed by atoms with Crippen LogP contribution in [-0.2, 0) is 0 Å². The molecule has 6 nitrogen and oxygen atoms in total. The van der Waals surface area contributed by atoms with Gasteiger partial charge in [-0.1, -0.05) is 0 Å². The largest absolute Gasteiger partial charge is 2.00 e. The van der Waals surface area contributed by atoms with E-state index in [2.05, 4.69) is 0 Å². The average molecular weight is 146 g/mol. The van der Waals surface area contributed by atoms with Crippen LogP contribution in [0.2, 0.25) is 0 Å². The maximum atomic E-state index is 0. The van der Waals surface area contributed by atoms with Crippen LogP contribution < -0.4 is 0 Å². The van der Waals surface area contributed by atoms with E-state index >= 15 is 0 Å². The molecule has 0 fully saturated rings. The molecule has 0 bridgehead atoms. The molecule has 0 aliphatic rings. The molecule has 0 radical (unpaired) electrons. The Hall–Kier alpha value is 1.02. The second-order valence-corrected chi connectivity index (χ2v) is 0. The Bertz CT molecular complexity index is 4.14. The van der Waals surface area contributed by atoms with Gasteiger partial charge in [-0.3, -0.25) is 0 Å². The first-order valence-electron chi connectivity index (χ1n) is 0. The summed E-state index contributed by atoms with van der Waals surface area (Å²) < 4.78 is 0. The van der Waals surface area contributed by atoms with Gasteiger partial charge in [0.15, 0.2) is 0 Å². The SMILES string of the molecule is O.O.O.O.[Ca+2].[OH-].[OH-]. The Morgan fingerprint density at radius 3 is 0.429 bits per heavy atom. The van der Waals surface area contributed by atoms with Crippen molar-refractivity contribution < 1.29 is 32.9 Å². The van der Waals surface area contributed by atoms with Crippen molar-refractivity contribution in [2.45, 2.75) is 0 Å². The fraction of sp³-hybridized carbons (Fsp3) is 0. The fourth-order valence-electron chi connectivity index (χ4n) is 0. The summed E-state index contributed by atoms with van der Waals surface area (Å²) in [7, 11) is 0. The van der Waals surface area contributed by atoms with Crippen molar-refractivity contribution in [2.75, 3.05) is 0 Å². The Morgan fingerprint density at radius 2 is 0.429 bits per heavy atom. The first-order chi connectivity index (χ1) is 0. The van der Waals surface area contributed by atoms with Crippen LogP contribution in [-0.4, -0.2) is 70.6 Å². The van der Waals surface area contributed by atoms with Gasteiger partial charge < -0.3 is 32.9 Å². The topological polar surface area (TPSA) is 186 Å². The van der Waals surface area contributed by atoms with Crippen molar-refractivity contribution in [1.82, 2.24) is 0 Å². The Kier molecular flexibility index (Phi) is 13300. The van der Waals surface area contributed by atoms with Gasteiger partial charge >= 0.3 is 37.7 Å². The van der Waals surface area contributed by atoms with Gasteiger partial charge in [0.1, 0.15) is 0 Å². The van der Waals surface area contributed by atoms with E-state index in [4.69, 9.17) is 0 Å². The second kappa shape index (κ2) is 245. The van der Waals surface area contributed by atoms with Crippen LogP contribution in [0.4, 0.5) is 0 Å². The van der Waals surface area contributed by atoms with Gasteiger partial charge in [0, 0.05) is 0 Å². The number of rotatable bonds is 0. The third kappa shape index (κ3) is 170. The summed E-state index contributed by atoms with van der Waals surface area (Å²) in [6, 6.07) is 0. The normalized spacial score (nSPS) is 0. The van der Waals surface area contributed by atoms with E-state index in [-0.39, 0.29) is 70.6 Å². The number of hydrogen-bond donors (Lipinski definition) is 0. The third-order valence-electron chi connectivity index (χ3n) is 0. The fourth-order valence-corrected chi connectivity index (χ4v) is 0. The number of hydrogen-bond acceptors (Lipinski definition) is 2. The van der Waals surface area contributed by atoms with Gasteiger partial charge in [-0.15, -0.1) is 0 Å². The molecular formula is H10CaO6. The summed E-state index contributed by atoms with van der Waals surface area (Å²) >= 11 is 0. The van der Waals surface area contributed by atoms with Crippen molar-refractivity contribution >= 4 is 37.7 Å². The summed E-state index contributed by atoms with van der Waals surface area (Å²) in [6.45, 7) is 0. The first kappa shape index (κ1) is 380. The van der Waals surface area contributed by atoms with Crippen molar-refractivity contribution in [3.63, 3.8) is 0 Å². The minimum atomic E-state index is 0. The zero-order valence-electron chi connectivity index (χ0n) is 3.60. The van der Waals surface area contributed by atoms with Crippen molar-refractivity contribution in [3.8, 4) is 0 Å². The maximum absolute atomic E-state index is 0. The van der Waals surface area contributed by atoms with Gasteiger partial charge in [0.05, 0.1) is 0 Å². The molecule has 10 N–H and O–H groups in total.